The van der Waals surface area contributed by atoms with Gasteiger partial charge in [-0.3, -0.25) is 14.4 Å². The molecular formula is C21H27FN4O. The van der Waals surface area contributed by atoms with Gasteiger partial charge in [-0.05, 0) is 38.8 Å². The monoisotopic (exact) mass is 370 g/mol. The van der Waals surface area contributed by atoms with Gasteiger partial charge in [-0.1, -0.05) is 18.2 Å². The van der Waals surface area contributed by atoms with Crippen LogP contribution in [0, 0.1) is 11.2 Å². The van der Waals surface area contributed by atoms with Gasteiger partial charge < -0.3 is 4.90 Å². The highest BCUT2D eigenvalue weighted by Crippen LogP contribution is 2.41. The standard InChI is InChI=1S/C21H27FN4O/c1-2-26-14-17(12-23-26)13-24-11-9-21(16-24)8-5-10-25(20(21)27)15-18-6-3-4-7-19(18)22/h3-4,6-7,12,14H,2,5,8-11,13,15-16H2,1H3. The molecule has 5 nitrogen and oxygen atoms in total. The summed E-state index contributed by atoms with van der Waals surface area (Å²) in [5, 5.41) is 4.34. The first-order valence-electron chi connectivity index (χ1n) is 9.86. The highest BCUT2D eigenvalue weighted by molar-refractivity contribution is 5.84. The van der Waals surface area contributed by atoms with Gasteiger partial charge in [0.05, 0.1) is 11.6 Å². The van der Waals surface area contributed by atoms with Crippen LogP contribution in [-0.4, -0.2) is 45.1 Å². The number of nitrogens with zero attached hydrogens (tertiary/aromatic N) is 4. The zero-order valence-electron chi connectivity index (χ0n) is 15.9. The zero-order chi connectivity index (χ0) is 18.9. The van der Waals surface area contributed by atoms with Crippen LogP contribution in [0.1, 0.15) is 37.3 Å². The molecule has 0 bridgehead atoms. The summed E-state index contributed by atoms with van der Waals surface area (Å²) in [5.74, 6) is -0.0327. The van der Waals surface area contributed by atoms with Crippen LogP contribution in [0.2, 0.25) is 0 Å². The Morgan fingerprint density at radius 1 is 1.19 bits per heavy atom. The van der Waals surface area contributed by atoms with Crippen LogP contribution in [0.4, 0.5) is 4.39 Å². The number of halogens is 1. The summed E-state index contributed by atoms with van der Waals surface area (Å²) in [4.78, 5) is 17.5. The molecule has 3 heterocycles. The fourth-order valence-electron chi connectivity index (χ4n) is 4.53. The fourth-order valence-corrected chi connectivity index (χ4v) is 4.53. The fraction of sp³-hybridized carbons (Fsp3) is 0.524. The van der Waals surface area contributed by atoms with Crippen molar-refractivity contribution in [3.63, 3.8) is 0 Å². The molecule has 144 valence electrons. The first-order chi connectivity index (χ1) is 13.1. The van der Waals surface area contributed by atoms with Gasteiger partial charge in [0, 0.05) is 50.0 Å². The molecule has 1 spiro atoms. The lowest BCUT2D eigenvalue weighted by atomic mass is 9.78. The lowest BCUT2D eigenvalue weighted by molar-refractivity contribution is -0.146. The lowest BCUT2D eigenvalue weighted by Gasteiger charge is -2.39. The van der Waals surface area contributed by atoms with Crippen LogP contribution in [-0.2, 0) is 24.4 Å². The summed E-state index contributed by atoms with van der Waals surface area (Å²) >= 11 is 0. The smallest absolute Gasteiger partial charge is 0.230 e. The molecule has 1 unspecified atom stereocenters. The van der Waals surface area contributed by atoms with Gasteiger partial charge in [0.1, 0.15) is 5.82 Å². The van der Waals surface area contributed by atoms with Crippen molar-refractivity contribution in [1.29, 1.82) is 0 Å². The van der Waals surface area contributed by atoms with E-state index in [-0.39, 0.29) is 17.1 Å². The average molecular weight is 370 g/mol. The molecule has 0 N–H and O–H groups in total. The van der Waals surface area contributed by atoms with Crippen molar-refractivity contribution in [2.45, 2.75) is 45.8 Å². The molecule has 2 aromatic rings. The van der Waals surface area contributed by atoms with Gasteiger partial charge in [0.2, 0.25) is 5.91 Å². The maximum Gasteiger partial charge on any atom is 0.230 e. The van der Waals surface area contributed by atoms with Crippen molar-refractivity contribution >= 4 is 5.91 Å². The molecule has 2 fully saturated rings. The highest BCUT2D eigenvalue weighted by atomic mass is 19.1. The van der Waals surface area contributed by atoms with Crippen molar-refractivity contribution in [3.8, 4) is 0 Å². The van der Waals surface area contributed by atoms with Gasteiger partial charge in [-0.15, -0.1) is 0 Å². The zero-order valence-corrected chi connectivity index (χ0v) is 15.9. The van der Waals surface area contributed by atoms with Gasteiger partial charge in [-0.25, -0.2) is 4.39 Å². The molecule has 4 rings (SSSR count). The molecule has 6 heteroatoms. The second kappa shape index (κ2) is 7.43. The van der Waals surface area contributed by atoms with E-state index in [1.165, 1.54) is 11.6 Å². The SMILES string of the molecule is CCn1cc(CN2CCC3(CCCN(Cc4ccccc4F)C3=O)C2)cn1. The molecule has 0 radical (unpaired) electrons. The average Bonchev–Trinajstić information content (AvgIpc) is 3.29. The quantitative estimate of drug-likeness (QED) is 0.812. The normalized spacial score (nSPS) is 23.5. The number of carbonyl (C=O) groups excluding carboxylic acids is 1. The molecule has 27 heavy (non-hydrogen) atoms. The van der Waals surface area contributed by atoms with E-state index < -0.39 is 0 Å². The van der Waals surface area contributed by atoms with E-state index in [0.29, 0.717) is 12.1 Å². The number of aryl methyl sites for hydroxylation is 1. The first kappa shape index (κ1) is 18.2. The van der Waals surface area contributed by atoms with Gasteiger partial charge in [0.15, 0.2) is 0 Å². The van der Waals surface area contributed by atoms with E-state index in [0.717, 1.165) is 52.0 Å². The minimum absolute atomic E-state index is 0.198. The molecule has 2 aliphatic rings. The van der Waals surface area contributed by atoms with Crippen molar-refractivity contribution in [1.82, 2.24) is 19.6 Å². The topological polar surface area (TPSA) is 41.4 Å². The highest BCUT2D eigenvalue weighted by Gasteiger charge is 2.48. The Balaban J connectivity index is 1.43. The van der Waals surface area contributed by atoms with Crippen molar-refractivity contribution in [2.75, 3.05) is 19.6 Å². The summed E-state index contributed by atoms with van der Waals surface area (Å²) in [6.07, 6.45) is 6.81. The van der Waals surface area contributed by atoms with E-state index in [2.05, 4.69) is 23.1 Å². The molecule has 1 aromatic carbocycles. The first-order valence-corrected chi connectivity index (χ1v) is 9.86. The number of aromatic nitrogens is 2. The number of benzene rings is 1. The molecule has 2 saturated heterocycles. The lowest BCUT2D eigenvalue weighted by Crippen LogP contribution is -2.49. The van der Waals surface area contributed by atoms with Crippen LogP contribution < -0.4 is 0 Å². The third-order valence-electron chi connectivity index (χ3n) is 5.99. The van der Waals surface area contributed by atoms with Crippen LogP contribution in [0.3, 0.4) is 0 Å². The summed E-state index contributed by atoms with van der Waals surface area (Å²) in [6, 6.07) is 6.76. The molecule has 1 amide bonds. The largest absolute Gasteiger partial charge is 0.338 e. The number of piperidine rings is 1. The van der Waals surface area contributed by atoms with Crippen molar-refractivity contribution < 1.29 is 9.18 Å². The molecular weight excluding hydrogens is 343 g/mol. The number of carbonyl (C=O) groups is 1. The third-order valence-corrected chi connectivity index (χ3v) is 5.99. The van der Waals surface area contributed by atoms with Crippen LogP contribution in [0.5, 0.6) is 0 Å². The number of hydrogen-bond acceptors (Lipinski definition) is 3. The molecule has 1 atom stereocenters. The maximum absolute atomic E-state index is 14.0. The van der Waals surface area contributed by atoms with Crippen molar-refractivity contribution in [2.24, 2.45) is 5.41 Å². The number of likely N-dealkylation sites (tertiary alicyclic amines) is 2. The number of hydrogen-bond donors (Lipinski definition) is 0. The second-order valence-corrected chi connectivity index (χ2v) is 7.87. The minimum atomic E-state index is -0.301. The van der Waals surface area contributed by atoms with E-state index in [4.69, 9.17) is 0 Å². The molecule has 0 saturated carbocycles. The minimum Gasteiger partial charge on any atom is -0.338 e. The van der Waals surface area contributed by atoms with Gasteiger partial charge in [-0.2, -0.15) is 5.10 Å². The summed E-state index contributed by atoms with van der Waals surface area (Å²) in [6.45, 7) is 6.59. The van der Waals surface area contributed by atoms with Crippen LogP contribution in [0.15, 0.2) is 36.7 Å². The Labute approximate surface area is 159 Å². The third kappa shape index (κ3) is 3.63. The number of rotatable bonds is 5. The van der Waals surface area contributed by atoms with E-state index >= 15 is 0 Å². The Morgan fingerprint density at radius 3 is 2.81 bits per heavy atom. The molecule has 2 aliphatic heterocycles. The Bertz CT molecular complexity index is 820. The second-order valence-electron chi connectivity index (χ2n) is 7.87. The van der Waals surface area contributed by atoms with Crippen LogP contribution in [0.25, 0.3) is 0 Å². The molecule has 1 aromatic heterocycles. The van der Waals surface area contributed by atoms with Gasteiger partial charge in [0.25, 0.3) is 0 Å². The van der Waals surface area contributed by atoms with Crippen LogP contribution >= 0.6 is 0 Å². The predicted octanol–water partition coefficient (Wildman–Crippen LogP) is 3.06. The maximum atomic E-state index is 14.0. The Hall–Kier alpha value is -2.21. The van der Waals surface area contributed by atoms with Gasteiger partial charge >= 0.3 is 0 Å². The predicted molar refractivity (Wildman–Crippen MR) is 101 cm³/mol. The van der Waals surface area contributed by atoms with E-state index in [1.807, 2.05) is 21.8 Å². The number of amides is 1. The van der Waals surface area contributed by atoms with E-state index in [1.54, 1.807) is 12.1 Å². The summed E-state index contributed by atoms with van der Waals surface area (Å²) < 4.78 is 16.0. The molecule has 0 aliphatic carbocycles. The summed E-state index contributed by atoms with van der Waals surface area (Å²) in [7, 11) is 0. The Kier molecular flexibility index (Phi) is 5.00. The van der Waals surface area contributed by atoms with Crippen molar-refractivity contribution in [3.05, 3.63) is 53.6 Å². The Morgan fingerprint density at radius 2 is 2.04 bits per heavy atom. The summed E-state index contributed by atoms with van der Waals surface area (Å²) in [5.41, 5.74) is 1.50. The van der Waals surface area contributed by atoms with E-state index in [9.17, 15) is 9.18 Å².